The average Bonchev–Trinajstić information content (AvgIpc) is 3.20. The van der Waals surface area contributed by atoms with Gasteiger partial charge in [0.25, 0.3) is 0 Å². The van der Waals surface area contributed by atoms with Gasteiger partial charge in [-0.1, -0.05) is 83.7 Å². The van der Waals surface area contributed by atoms with Crippen molar-refractivity contribution in [1.29, 1.82) is 0 Å². The van der Waals surface area contributed by atoms with Gasteiger partial charge in [-0.05, 0) is 29.5 Å². The normalized spacial score (nSPS) is 19.5. The molecule has 3 heterocycles. The molecule has 0 amide bonds. The Hall–Kier alpha value is -2.29. The van der Waals surface area contributed by atoms with Crippen molar-refractivity contribution in [3.05, 3.63) is 71.1 Å². The van der Waals surface area contributed by atoms with E-state index in [1.54, 1.807) is 0 Å². The highest BCUT2D eigenvalue weighted by Gasteiger charge is 2.10. The van der Waals surface area contributed by atoms with Gasteiger partial charge in [0, 0.05) is 43.9 Å². The fourth-order valence-corrected chi connectivity index (χ4v) is 2.79. The van der Waals surface area contributed by atoms with Gasteiger partial charge < -0.3 is 10.2 Å². The summed E-state index contributed by atoms with van der Waals surface area (Å²) in [6, 6.07) is 0. The third kappa shape index (κ3) is 12.3. The number of likely N-dealkylation sites (N-methyl/N-ethyl adjacent to an activating group) is 2. The summed E-state index contributed by atoms with van der Waals surface area (Å²) in [5.74, 6) is 0. The smallest absolute Gasteiger partial charge is 0.168 e. The molecule has 1 N–H and O–H groups in total. The summed E-state index contributed by atoms with van der Waals surface area (Å²) in [4.78, 5) is 2.19. The third-order valence-corrected chi connectivity index (χ3v) is 4.05. The molecule has 0 saturated carbocycles. The van der Waals surface area contributed by atoms with E-state index in [0.29, 0.717) is 0 Å². The largest absolute Gasteiger partial charge is 0.384 e. The highest BCUT2D eigenvalue weighted by molar-refractivity contribution is 5.70. The van der Waals surface area contributed by atoms with E-state index in [1.807, 2.05) is 0 Å². The van der Waals surface area contributed by atoms with Gasteiger partial charge >= 0.3 is 0 Å². The Balaban J connectivity index is -0.000000180. The number of nitrogens with one attached hydrogen (secondary N) is 1. The lowest BCUT2D eigenvalue weighted by molar-refractivity contribution is -0.478. The van der Waals surface area contributed by atoms with Gasteiger partial charge in [0.05, 0.1) is 0 Å². The molecule has 0 spiro atoms. The van der Waals surface area contributed by atoms with E-state index >= 15 is 0 Å². The Morgan fingerprint density at radius 2 is 1.63 bits per heavy atom. The van der Waals surface area contributed by atoms with Gasteiger partial charge in [-0.3, -0.25) is 0 Å². The van der Waals surface area contributed by atoms with Gasteiger partial charge in [-0.25, -0.2) is 4.58 Å². The van der Waals surface area contributed by atoms with E-state index in [-0.39, 0.29) is 59.4 Å². The van der Waals surface area contributed by atoms with Gasteiger partial charge in [0.15, 0.2) is 12.8 Å². The maximum Gasteiger partial charge on any atom is 0.168 e. The molecule has 3 aliphatic rings. The molecule has 1 saturated heterocycles. The minimum Gasteiger partial charge on any atom is -0.384 e. The van der Waals surface area contributed by atoms with Crippen LogP contribution in [-0.4, -0.2) is 49.4 Å². The van der Waals surface area contributed by atoms with Crippen LogP contribution >= 0.6 is 0 Å². The molecule has 0 radical (unpaired) electrons. The minimum absolute atomic E-state index is 0. The molecule has 0 aromatic carbocycles. The summed E-state index contributed by atoms with van der Waals surface area (Å²) >= 11 is 0. The quantitative estimate of drug-likeness (QED) is 0.475. The van der Waals surface area contributed by atoms with Crippen molar-refractivity contribution < 1.29 is 4.58 Å². The Bertz CT molecular complexity index is 656. The molecule has 0 aromatic heterocycles. The molecule has 178 valence electrons. The zero-order chi connectivity index (χ0) is 15.4. The minimum atomic E-state index is 0. The molecule has 0 bridgehead atoms. The molecular weight excluding hydrogens is 366 g/mol. The fourth-order valence-electron chi connectivity index (χ4n) is 2.79. The van der Waals surface area contributed by atoms with Crippen LogP contribution in [0.5, 0.6) is 0 Å². The monoisotopic (exact) mass is 422 g/mol. The van der Waals surface area contributed by atoms with Crippen molar-refractivity contribution in [2.45, 2.75) is 65.8 Å². The van der Waals surface area contributed by atoms with E-state index in [9.17, 15) is 0 Å². The van der Waals surface area contributed by atoms with E-state index in [1.165, 1.54) is 22.4 Å². The standard InChI is InChI=1S/C19H23N3.8CH4/c1-21-10-8-16(14-21)4-3-5-19-12-18(13-20-19)7-6-17-9-11-22(2)15-17;;;;;;;;/h3-11H,12-15H2,1-2H3;8*1H4/p+1. The van der Waals surface area contributed by atoms with Crippen molar-refractivity contribution in [3.8, 4) is 0 Å². The molecule has 3 aliphatic heterocycles. The predicted octanol–water partition coefficient (Wildman–Crippen LogP) is 7.47. The van der Waals surface area contributed by atoms with Crippen molar-refractivity contribution in [2.24, 2.45) is 0 Å². The first kappa shape index (κ1) is 41.9. The van der Waals surface area contributed by atoms with E-state index in [2.05, 4.69) is 83.8 Å². The second kappa shape index (κ2) is 20.0. The second-order valence-corrected chi connectivity index (χ2v) is 6.18. The molecule has 0 atom stereocenters. The molecule has 0 aliphatic carbocycles. The van der Waals surface area contributed by atoms with Crippen LogP contribution < -0.4 is 5.32 Å². The Morgan fingerprint density at radius 1 is 0.967 bits per heavy atom. The summed E-state index contributed by atoms with van der Waals surface area (Å²) in [7, 11) is 4.20. The summed E-state index contributed by atoms with van der Waals surface area (Å²) in [6.07, 6.45) is 20.7. The van der Waals surface area contributed by atoms with Crippen LogP contribution in [0.3, 0.4) is 0 Å². The van der Waals surface area contributed by atoms with Crippen LogP contribution in [0.25, 0.3) is 0 Å². The first-order valence-electron chi connectivity index (χ1n) is 7.81. The Kier molecular flexibility index (Phi) is 28.0. The van der Waals surface area contributed by atoms with Gasteiger partial charge in [0.2, 0.25) is 0 Å². The lowest BCUT2D eigenvalue weighted by atomic mass is 10.1. The first-order valence-corrected chi connectivity index (χ1v) is 7.81. The summed E-state index contributed by atoms with van der Waals surface area (Å²) < 4.78 is 2.18. The fraction of sp³-hybridized carbons (Fsp3) is 0.519. The van der Waals surface area contributed by atoms with Crippen molar-refractivity contribution in [1.82, 2.24) is 10.2 Å². The first-order chi connectivity index (χ1) is 10.7. The van der Waals surface area contributed by atoms with E-state index in [4.69, 9.17) is 0 Å². The van der Waals surface area contributed by atoms with Crippen LogP contribution in [0.1, 0.15) is 65.8 Å². The van der Waals surface area contributed by atoms with Crippen LogP contribution in [0.4, 0.5) is 0 Å². The molecule has 3 nitrogen and oxygen atoms in total. The third-order valence-electron chi connectivity index (χ3n) is 4.05. The highest BCUT2D eigenvalue weighted by Crippen LogP contribution is 2.18. The van der Waals surface area contributed by atoms with Crippen LogP contribution in [0.2, 0.25) is 0 Å². The Labute approximate surface area is 192 Å². The van der Waals surface area contributed by atoms with E-state index in [0.717, 1.165) is 26.1 Å². The zero-order valence-electron chi connectivity index (χ0n) is 13.4. The maximum absolute atomic E-state index is 3.47. The highest BCUT2D eigenvalue weighted by atomic mass is 15.1. The number of rotatable bonds is 3. The number of hydrogen-bond donors (Lipinski definition) is 1. The molecule has 0 unspecified atom stereocenters. The second-order valence-electron chi connectivity index (χ2n) is 6.18. The zero-order valence-corrected chi connectivity index (χ0v) is 13.4. The maximum atomic E-state index is 3.47. The molecule has 1 fully saturated rings. The van der Waals surface area contributed by atoms with Crippen LogP contribution in [0, 0.1) is 0 Å². The van der Waals surface area contributed by atoms with Gasteiger partial charge in [-0.15, -0.1) is 0 Å². The van der Waals surface area contributed by atoms with Crippen LogP contribution in [-0.2, 0) is 0 Å². The van der Waals surface area contributed by atoms with E-state index < -0.39 is 0 Å². The topological polar surface area (TPSA) is 18.3 Å². The van der Waals surface area contributed by atoms with Crippen LogP contribution in [0.15, 0.2) is 71.1 Å². The van der Waals surface area contributed by atoms with Gasteiger partial charge in [0.1, 0.15) is 7.05 Å². The number of nitrogens with zero attached hydrogens (tertiary/aromatic N) is 2. The molecule has 3 rings (SSSR count). The lowest BCUT2D eigenvalue weighted by Crippen LogP contribution is -2.06. The lowest BCUT2D eigenvalue weighted by Gasteiger charge is -2.04. The Morgan fingerprint density at radius 3 is 2.17 bits per heavy atom. The average molecular weight is 423 g/mol. The molecule has 30 heavy (non-hydrogen) atoms. The molecular formula is C27H56N3+. The SMILES string of the molecule is C.C.C.C.C.C.C.C.CN1C=CC(=CC=C2CNC(=CC=CC3=CC=[N+](C)C3)C2)C1. The molecule has 0 aromatic rings. The van der Waals surface area contributed by atoms with Crippen molar-refractivity contribution in [3.63, 3.8) is 0 Å². The summed E-state index contributed by atoms with van der Waals surface area (Å²) in [5, 5.41) is 3.47. The van der Waals surface area contributed by atoms with Crippen molar-refractivity contribution in [2.75, 3.05) is 33.7 Å². The van der Waals surface area contributed by atoms with Gasteiger partial charge in [-0.2, -0.15) is 0 Å². The number of allylic oxidation sites excluding steroid dienone is 6. The summed E-state index contributed by atoms with van der Waals surface area (Å²) in [5.41, 5.74) is 5.48. The van der Waals surface area contributed by atoms with Crippen molar-refractivity contribution >= 4 is 6.21 Å². The summed E-state index contributed by atoms with van der Waals surface area (Å²) in [6.45, 7) is 2.99. The molecule has 3 heteroatoms. The number of hydrogen-bond acceptors (Lipinski definition) is 2. The predicted molar refractivity (Wildman–Crippen MR) is 147 cm³/mol.